The van der Waals surface area contributed by atoms with Crippen LogP contribution in [0.15, 0.2) is 24.3 Å². The number of allylic oxidation sites excluding steroid dienone is 4. The first-order valence-corrected chi connectivity index (χ1v) is 20.5. The van der Waals surface area contributed by atoms with E-state index in [2.05, 4.69) is 38.2 Å². The average Bonchev–Trinajstić information content (AvgIpc) is 3.12. The Morgan fingerprint density at radius 1 is 0.520 bits per heavy atom. The summed E-state index contributed by atoms with van der Waals surface area (Å²) in [5.74, 6) is -2.04. The lowest BCUT2D eigenvalue weighted by molar-refractivity contribution is -0.171. The summed E-state index contributed by atoms with van der Waals surface area (Å²) in [4.78, 5) is 37.4. The number of esters is 2. The van der Waals surface area contributed by atoms with Crippen LogP contribution in [0.3, 0.4) is 0 Å². The molecule has 0 aromatic heterocycles. The molecular weight excluding hydrogens is 632 g/mol. The zero-order chi connectivity index (χ0) is 36.9. The van der Waals surface area contributed by atoms with Crippen molar-refractivity contribution < 1.29 is 39.2 Å². The van der Waals surface area contributed by atoms with Crippen molar-refractivity contribution in [1.82, 2.24) is 0 Å². The predicted octanol–water partition coefficient (Wildman–Crippen LogP) is 9.80. The summed E-state index contributed by atoms with van der Waals surface area (Å²) in [7, 11) is 0. The molecule has 8 nitrogen and oxygen atoms in total. The standard InChI is InChI=1S/C42H76O8/c1-3-5-7-9-11-13-15-17-19-21-23-25-27-29-31-33-39(46)49-36-38(45)42(41(48)37(44)35-43)50-40(47)34-32-30-28-26-24-22-20-18-16-14-12-10-8-6-4-2/h17-20,37,41-44,48H,3-16,21-36H2,1-2H3/t37-,41-,42-/m1/s1. The highest BCUT2D eigenvalue weighted by Gasteiger charge is 2.35. The number of rotatable bonds is 37. The van der Waals surface area contributed by atoms with Crippen molar-refractivity contribution in [3.8, 4) is 0 Å². The molecule has 0 heterocycles. The van der Waals surface area contributed by atoms with Gasteiger partial charge in [0.05, 0.1) is 6.61 Å². The second kappa shape index (κ2) is 36.8. The van der Waals surface area contributed by atoms with Crippen LogP contribution >= 0.6 is 0 Å². The first-order chi connectivity index (χ1) is 24.4. The van der Waals surface area contributed by atoms with Gasteiger partial charge in [-0.3, -0.25) is 14.4 Å². The quantitative estimate of drug-likeness (QED) is 0.0330. The second-order valence-electron chi connectivity index (χ2n) is 13.9. The van der Waals surface area contributed by atoms with Crippen LogP contribution in [0.25, 0.3) is 0 Å². The van der Waals surface area contributed by atoms with E-state index in [1.165, 1.54) is 83.5 Å². The molecule has 0 spiro atoms. The number of ether oxygens (including phenoxy) is 2. The summed E-state index contributed by atoms with van der Waals surface area (Å²) in [5, 5.41) is 29.5. The van der Waals surface area contributed by atoms with Gasteiger partial charge >= 0.3 is 11.9 Å². The van der Waals surface area contributed by atoms with Crippen LogP contribution in [0.1, 0.15) is 194 Å². The smallest absolute Gasteiger partial charge is 0.306 e. The highest BCUT2D eigenvalue weighted by molar-refractivity contribution is 5.88. The van der Waals surface area contributed by atoms with E-state index in [9.17, 15) is 29.7 Å². The van der Waals surface area contributed by atoms with Crippen molar-refractivity contribution in [2.75, 3.05) is 13.2 Å². The Hall–Kier alpha value is -2.03. The van der Waals surface area contributed by atoms with Gasteiger partial charge in [0.2, 0.25) is 5.78 Å². The zero-order valence-corrected chi connectivity index (χ0v) is 32.1. The minimum atomic E-state index is -1.82. The van der Waals surface area contributed by atoms with Crippen LogP contribution in [0.2, 0.25) is 0 Å². The SMILES string of the molecule is CCCCCCCCC=CCCCCCCCC(=O)OCC(=O)[C@@H](OC(=O)CCCCCCCC=CCCCCCCCC)[C@H](O)[C@H](O)CO. The first kappa shape index (κ1) is 48.0. The number of carbonyl (C=O) groups excluding carboxylic acids is 3. The number of Topliss-reactive ketones (excluding diaryl/α,β-unsaturated/α-hetero) is 1. The van der Waals surface area contributed by atoms with Gasteiger partial charge in [-0.05, 0) is 64.2 Å². The highest BCUT2D eigenvalue weighted by atomic mass is 16.6. The fraction of sp³-hybridized carbons (Fsp3) is 0.833. The minimum Gasteiger partial charge on any atom is -0.457 e. The number of aliphatic hydroxyl groups excluding tert-OH is 3. The van der Waals surface area contributed by atoms with Crippen molar-refractivity contribution in [1.29, 1.82) is 0 Å². The van der Waals surface area contributed by atoms with E-state index < -0.39 is 49.2 Å². The maximum absolute atomic E-state index is 12.8. The third kappa shape index (κ3) is 30.8. The predicted molar refractivity (Wildman–Crippen MR) is 204 cm³/mol. The molecule has 0 saturated carbocycles. The monoisotopic (exact) mass is 709 g/mol. The van der Waals surface area contributed by atoms with Crippen molar-refractivity contribution in [3.63, 3.8) is 0 Å². The van der Waals surface area contributed by atoms with Gasteiger partial charge in [0.25, 0.3) is 0 Å². The molecule has 0 aliphatic heterocycles. The summed E-state index contributed by atoms with van der Waals surface area (Å²) in [6.45, 7) is 2.99. The van der Waals surface area contributed by atoms with E-state index >= 15 is 0 Å². The third-order valence-electron chi connectivity index (χ3n) is 9.13. The molecule has 292 valence electrons. The van der Waals surface area contributed by atoms with Crippen LogP contribution < -0.4 is 0 Å². The van der Waals surface area contributed by atoms with Gasteiger partial charge in [-0.25, -0.2) is 0 Å². The summed E-state index contributed by atoms with van der Waals surface area (Å²) >= 11 is 0. The van der Waals surface area contributed by atoms with E-state index in [1.807, 2.05) is 0 Å². The maximum atomic E-state index is 12.8. The molecule has 50 heavy (non-hydrogen) atoms. The molecule has 0 rings (SSSR count). The second-order valence-corrected chi connectivity index (χ2v) is 13.9. The van der Waals surface area contributed by atoms with Gasteiger partial charge < -0.3 is 24.8 Å². The van der Waals surface area contributed by atoms with E-state index in [0.29, 0.717) is 12.8 Å². The minimum absolute atomic E-state index is 0.0686. The van der Waals surface area contributed by atoms with Gasteiger partial charge in [0.15, 0.2) is 12.7 Å². The van der Waals surface area contributed by atoms with Crippen molar-refractivity contribution >= 4 is 17.7 Å². The summed E-state index contributed by atoms with van der Waals surface area (Å²) < 4.78 is 10.3. The summed E-state index contributed by atoms with van der Waals surface area (Å²) in [6.07, 6.45) is 33.8. The molecule has 0 aliphatic rings. The molecule has 3 N–H and O–H groups in total. The fourth-order valence-electron chi connectivity index (χ4n) is 5.82. The number of hydrogen-bond donors (Lipinski definition) is 3. The lowest BCUT2D eigenvalue weighted by atomic mass is 10.0. The molecule has 0 aliphatic carbocycles. The largest absolute Gasteiger partial charge is 0.457 e. The molecule has 0 aromatic carbocycles. The first-order valence-electron chi connectivity index (χ1n) is 20.5. The zero-order valence-electron chi connectivity index (χ0n) is 32.1. The molecule has 0 saturated heterocycles. The number of aliphatic hydroxyl groups is 3. The van der Waals surface area contributed by atoms with Gasteiger partial charge in [-0.15, -0.1) is 0 Å². The Bertz CT molecular complexity index is 855. The number of hydrogen-bond acceptors (Lipinski definition) is 8. The molecule has 8 heteroatoms. The lowest BCUT2D eigenvalue weighted by Gasteiger charge is -2.24. The number of ketones is 1. The molecule has 0 amide bonds. The van der Waals surface area contributed by atoms with Gasteiger partial charge in [0.1, 0.15) is 12.2 Å². The Morgan fingerprint density at radius 2 is 0.880 bits per heavy atom. The third-order valence-corrected chi connectivity index (χ3v) is 9.13. The molecule has 0 aromatic rings. The van der Waals surface area contributed by atoms with E-state index in [0.717, 1.165) is 70.6 Å². The highest BCUT2D eigenvalue weighted by Crippen LogP contribution is 2.14. The number of carbonyl (C=O) groups is 3. The molecular formula is C42H76O8. The van der Waals surface area contributed by atoms with Crippen LogP contribution in [0.5, 0.6) is 0 Å². The molecule has 0 fully saturated rings. The van der Waals surface area contributed by atoms with E-state index in [-0.39, 0.29) is 12.8 Å². The normalized spacial score (nSPS) is 13.5. The maximum Gasteiger partial charge on any atom is 0.306 e. The van der Waals surface area contributed by atoms with Gasteiger partial charge in [-0.2, -0.15) is 0 Å². The van der Waals surface area contributed by atoms with Crippen LogP contribution in [0.4, 0.5) is 0 Å². The summed E-state index contributed by atoms with van der Waals surface area (Å²) in [5.41, 5.74) is 0. The van der Waals surface area contributed by atoms with E-state index in [1.54, 1.807) is 0 Å². The Kier molecular flexibility index (Phi) is 35.3. The fourth-order valence-corrected chi connectivity index (χ4v) is 5.82. The van der Waals surface area contributed by atoms with E-state index in [4.69, 9.17) is 9.47 Å². The van der Waals surface area contributed by atoms with Crippen LogP contribution in [-0.4, -0.2) is 64.6 Å². The Morgan fingerprint density at radius 3 is 1.28 bits per heavy atom. The summed E-state index contributed by atoms with van der Waals surface area (Å²) in [6, 6.07) is 0. The number of unbranched alkanes of at least 4 members (excludes halogenated alkanes) is 22. The van der Waals surface area contributed by atoms with Gasteiger partial charge in [-0.1, -0.05) is 141 Å². The van der Waals surface area contributed by atoms with Gasteiger partial charge in [0, 0.05) is 12.8 Å². The van der Waals surface area contributed by atoms with Crippen LogP contribution in [-0.2, 0) is 23.9 Å². The molecule has 0 bridgehead atoms. The molecule has 3 atom stereocenters. The Balaban J connectivity index is 4.12. The molecule has 0 radical (unpaired) electrons. The lowest BCUT2D eigenvalue weighted by Crippen LogP contribution is -2.47. The van der Waals surface area contributed by atoms with Crippen LogP contribution in [0, 0.1) is 0 Å². The topological polar surface area (TPSA) is 130 Å². The average molecular weight is 709 g/mol. The van der Waals surface area contributed by atoms with Crippen molar-refractivity contribution in [2.24, 2.45) is 0 Å². The van der Waals surface area contributed by atoms with Crippen molar-refractivity contribution in [3.05, 3.63) is 24.3 Å². The van der Waals surface area contributed by atoms with Crippen molar-refractivity contribution in [2.45, 2.75) is 212 Å². The molecule has 0 unspecified atom stereocenters. The Labute approximate surface area is 305 Å².